The third kappa shape index (κ3) is 8.43. The summed E-state index contributed by atoms with van der Waals surface area (Å²) in [5.41, 5.74) is 0. The minimum Gasteiger partial charge on any atom is -0.418 e. The van der Waals surface area contributed by atoms with Crippen LogP contribution in [0.2, 0.25) is 39.3 Å². The van der Waals surface area contributed by atoms with Gasteiger partial charge in [0, 0.05) is 13.0 Å². The Morgan fingerprint density at radius 1 is 0.824 bits per heavy atom. The second-order valence-corrected chi connectivity index (χ2v) is 10.7. The van der Waals surface area contributed by atoms with Crippen LogP contribution in [-0.2, 0) is 17.7 Å². The largest absolute Gasteiger partial charge is 0.418 e. The first-order valence-electron chi connectivity index (χ1n) is 5.57. The lowest BCUT2D eigenvalue weighted by Gasteiger charge is -2.38. The summed E-state index contributed by atoms with van der Waals surface area (Å²) in [5, 5.41) is 0. The van der Waals surface area contributed by atoms with Gasteiger partial charge < -0.3 is 17.7 Å². The highest BCUT2D eigenvalue weighted by atomic mass is 28.3. The van der Waals surface area contributed by atoms with Crippen molar-refractivity contribution in [2.45, 2.75) is 51.7 Å². The van der Waals surface area contributed by atoms with Crippen molar-refractivity contribution in [2.75, 3.05) is 6.61 Å². The van der Waals surface area contributed by atoms with Crippen LogP contribution in [0, 0.1) is 0 Å². The quantitative estimate of drug-likeness (QED) is 0.482. The Hall–Kier alpha value is 0.708. The van der Waals surface area contributed by atoms with Gasteiger partial charge in [0.1, 0.15) is 0 Å². The summed E-state index contributed by atoms with van der Waals surface area (Å²) in [6, 6.07) is 0. The van der Waals surface area contributed by atoms with Gasteiger partial charge >= 0.3 is 0 Å². The third-order valence-electron chi connectivity index (χ3n) is 1.59. The predicted octanol–water partition coefficient (Wildman–Crippen LogP) is 1.93. The van der Waals surface area contributed by atoms with E-state index >= 15 is 0 Å². The Bertz CT molecular complexity index is 175. The van der Waals surface area contributed by atoms with E-state index in [0.29, 0.717) is 13.0 Å². The minimum absolute atomic E-state index is 0.496. The van der Waals surface area contributed by atoms with E-state index in [4.69, 9.17) is 17.7 Å². The zero-order valence-corrected chi connectivity index (χ0v) is 15.5. The highest BCUT2D eigenvalue weighted by Crippen LogP contribution is 2.24. The van der Waals surface area contributed by atoms with Crippen molar-refractivity contribution in [3.8, 4) is 0 Å². The van der Waals surface area contributed by atoms with Crippen molar-refractivity contribution in [1.82, 2.24) is 0 Å². The van der Waals surface area contributed by atoms with E-state index in [1.54, 1.807) is 0 Å². The van der Waals surface area contributed by atoms with E-state index in [0.717, 1.165) is 0 Å². The molecule has 0 atom stereocenters. The van der Waals surface area contributed by atoms with Gasteiger partial charge in [-0.05, 0) is 39.3 Å². The minimum atomic E-state index is -0.903. The molecule has 0 saturated heterocycles. The molecule has 6 radical (unpaired) electrons. The average molecular weight is 307 g/mol. The Balaban J connectivity index is 4.76. The molecule has 0 spiro atoms. The first kappa shape index (κ1) is 17.7. The molecule has 0 aliphatic heterocycles. The Labute approximate surface area is 114 Å². The van der Waals surface area contributed by atoms with Gasteiger partial charge in [0.05, 0.1) is 0 Å². The molecule has 0 amide bonds. The van der Waals surface area contributed by atoms with Gasteiger partial charge in [-0.2, -0.15) is 0 Å². The van der Waals surface area contributed by atoms with E-state index in [1.165, 1.54) is 0 Å². The smallest absolute Gasteiger partial charge is 0.256 e. The molecular formula is C9H22O4Si4. The summed E-state index contributed by atoms with van der Waals surface area (Å²) in [5.74, 6) is -0.903. The summed E-state index contributed by atoms with van der Waals surface area (Å²) >= 11 is 0. The Kier molecular flexibility index (Phi) is 9.11. The van der Waals surface area contributed by atoms with Gasteiger partial charge in [-0.25, -0.2) is 0 Å². The fourth-order valence-corrected chi connectivity index (χ4v) is 4.10. The SMILES string of the molecule is C[Si](C)OC(CCO[Si])(O[Si](C)C)O[Si](C)C. The summed E-state index contributed by atoms with van der Waals surface area (Å²) in [7, 11) is 0.307. The highest BCUT2D eigenvalue weighted by molar-refractivity contribution is 6.51. The van der Waals surface area contributed by atoms with Crippen LogP contribution in [0.25, 0.3) is 0 Å². The van der Waals surface area contributed by atoms with Crippen LogP contribution in [0.4, 0.5) is 0 Å². The van der Waals surface area contributed by atoms with Crippen LogP contribution in [0.5, 0.6) is 0 Å². The fourth-order valence-electron chi connectivity index (χ4n) is 1.32. The molecule has 0 aromatic rings. The lowest BCUT2D eigenvalue weighted by atomic mass is 10.4. The van der Waals surface area contributed by atoms with Gasteiger partial charge in [0.15, 0.2) is 0 Å². The predicted molar refractivity (Wildman–Crippen MR) is 74.8 cm³/mol. The van der Waals surface area contributed by atoms with E-state index in [1.807, 2.05) is 0 Å². The highest BCUT2D eigenvalue weighted by Gasteiger charge is 2.36. The van der Waals surface area contributed by atoms with Gasteiger partial charge in [0.25, 0.3) is 5.97 Å². The Morgan fingerprint density at radius 3 is 1.41 bits per heavy atom. The molecule has 98 valence electrons. The van der Waals surface area contributed by atoms with Crippen LogP contribution in [-0.4, -0.2) is 50.2 Å². The maximum atomic E-state index is 5.97. The topological polar surface area (TPSA) is 36.9 Å². The summed E-state index contributed by atoms with van der Waals surface area (Å²) in [4.78, 5) is 0. The first-order chi connectivity index (χ1) is 7.81. The van der Waals surface area contributed by atoms with Crippen LogP contribution in [0.3, 0.4) is 0 Å². The normalized spacial score (nSPS) is 13.1. The zero-order valence-electron chi connectivity index (χ0n) is 11.5. The lowest BCUT2D eigenvalue weighted by molar-refractivity contribution is -0.268. The molecule has 0 aromatic carbocycles. The van der Waals surface area contributed by atoms with Gasteiger partial charge in [-0.1, -0.05) is 0 Å². The average Bonchev–Trinajstić information content (AvgIpc) is 2.11. The van der Waals surface area contributed by atoms with E-state index in [9.17, 15) is 0 Å². The zero-order chi connectivity index (χ0) is 13.5. The summed E-state index contributed by atoms with van der Waals surface area (Å²) in [6.07, 6.45) is 0.581. The van der Waals surface area contributed by atoms with E-state index in [2.05, 4.69) is 49.8 Å². The number of hydrogen-bond donors (Lipinski definition) is 0. The molecule has 0 bridgehead atoms. The number of rotatable bonds is 9. The third-order valence-corrected chi connectivity index (χ3v) is 3.95. The lowest BCUT2D eigenvalue weighted by Crippen LogP contribution is -2.48. The maximum Gasteiger partial charge on any atom is 0.256 e. The molecule has 0 N–H and O–H groups in total. The molecule has 0 unspecified atom stereocenters. The van der Waals surface area contributed by atoms with Crippen molar-refractivity contribution in [3.63, 3.8) is 0 Å². The van der Waals surface area contributed by atoms with E-state index in [-0.39, 0.29) is 0 Å². The summed E-state index contributed by atoms with van der Waals surface area (Å²) < 4.78 is 22.8. The van der Waals surface area contributed by atoms with Gasteiger partial charge in [-0.3, -0.25) is 0 Å². The van der Waals surface area contributed by atoms with Crippen molar-refractivity contribution in [1.29, 1.82) is 0 Å². The molecule has 17 heavy (non-hydrogen) atoms. The standard InChI is InChI=1S/C9H22O4Si4/c1-15(2)11-9(7-8-10-14,12-16(3)4)13-17(5)6/h7-8H2,1-6H3. The number of hydrogen-bond acceptors (Lipinski definition) is 4. The maximum absolute atomic E-state index is 5.97. The fraction of sp³-hybridized carbons (Fsp3) is 1.00. The van der Waals surface area contributed by atoms with Crippen LogP contribution >= 0.6 is 0 Å². The van der Waals surface area contributed by atoms with Crippen LogP contribution in [0.15, 0.2) is 0 Å². The molecule has 0 heterocycles. The second-order valence-electron chi connectivity index (χ2n) is 4.31. The first-order valence-corrected chi connectivity index (χ1v) is 13.2. The monoisotopic (exact) mass is 306 g/mol. The van der Waals surface area contributed by atoms with Gasteiger partial charge in [0.2, 0.25) is 37.6 Å². The van der Waals surface area contributed by atoms with Crippen molar-refractivity contribution in [2.24, 2.45) is 0 Å². The van der Waals surface area contributed by atoms with Gasteiger partial charge in [-0.15, -0.1) is 0 Å². The molecule has 0 aromatic heterocycles. The molecule has 0 aliphatic carbocycles. The van der Waals surface area contributed by atoms with E-state index < -0.39 is 33.1 Å². The molecule has 0 aliphatic rings. The van der Waals surface area contributed by atoms with Crippen LogP contribution in [0.1, 0.15) is 6.42 Å². The molecule has 4 nitrogen and oxygen atoms in total. The van der Waals surface area contributed by atoms with Crippen molar-refractivity contribution in [3.05, 3.63) is 0 Å². The second kappa shape index (κ2) is 8.75. The molecule has 0 rings (SSSR count). The summed E-state index contributed by atoms with van der Waals surface area (Å²) in [6.45, 7) is 13.0. The van der Waals surface area contributed by atoms with Crippen molar-refractivity contribution >= 4 is 37.6 Å². The van der Waals surface area contributed by atoms with Crippen LogP contribution < -0.4 is 0 Å². The van der Waals surface area contributed by atoms with Crippen molar-refractivity contribution < 1.29 is 17.7 Å². The molecule has 0 saturated carbocycles. The molecular weight excluding hydrogens is 284 g/mol. The molecule has 8 heteroatoms. The Morgan fingerprint density at radius 2 is 1.18 bits per heavy atom. The molecule has 0 fully saturated rings.